The van der Waals surface area contributed by atoms with Crippen LogP contribution < -0.4 is 11.1 Å². The Kier molecular flexibility index (Phi) is 5.21. The van der Waals surface area contributed by atoms with E-state index in [2.05, 4.69) is 41.5 Å². The molecule has 4 nitrogen and oxygen atoms in total. The van der Waals surface area contributed by atoms with E-state index in [-0.39, 0.29) is 23.7 Å². The highest BCUT2D eigenvalue weighted by molar-refractivity contribution is 7.09. The van der Waals surface area contributed by atoms with E-state index in [4.69, 9.17) is 5.73 Å². The van der Waals surface area contributed by atoms with Gasteiger partial charge in [0.05, 0.1) is 0 Å². The highest BCUT2D eigenvalue weighted by atomic mass is 35.5. The lowest BCUT2D eigenvalue weighted by atomic mass is 9.92. The maximum atomic E-state index is 12.2. The number of carbonyl (C=O) groups is 1. The minimum Gasteiger partial charge on any atom is -0.350 e. The normalized spacial score (nSPS) is 15.0. The van der Waals surface area contributed by atoms with Crippen LogP contribution in [-0.4, -0.2) is 17.4 Å². The number of halogens is 1. The molecule has 0 unspecified atom stereocenters. The minimum absolute atomic E-state index is 0. The summed E-state index contributed by atoms with van der Waals surface area (Å²) in [5, 5.41) is 5.59. The summed E-state index contributed by atoms with van der Waals surface area (Å²) in [5.74, 6) is -0.106. The van der Waals surface area contributed by atoms with Crippen LogP contribution in [0.25, 0.3) is 0 Å². The van der Waals surface area contributed by atoms with Crippen molar-refractivity contribution >= 4 is 29.7 Å². The van der Waals surface area contributed by atoms with Crippen molar-refractivity contribution in [1.82, 2.24) is 10.3 Å². The van der Waals surface area contributed by atoms with E-state index in [1.807, 2.05) is 0 Å². The highest BCUT2D eigenvalue weighted by Crippen LogP contribution is 2.48. The van der Waals surface area contributed by atoms with E-state index in [0.29, 0.717) is 18.8 Å². The maximum Gasteiger partial charge on any atom is 0.270 e. The first-order chi connectivity index (χ1) is 10.1. The van der Waals surface area contributed by atoms with Crippen molar-refractivity contribution in [3.05, 3.63) is 51.5 Å². The van der Waals surface area contributed by atoms with Gasteiger partial charge in [-0.15, -0.1) is 23.7 Å². The number of thiazole rings is 1. The number of nitrogens with two attached hydrogens (primary N) is 1. The van der Waals surface area contributed by atoms with Crippen molar-refractivity contribution in [3.8, 4) is 0 Å². The second-order valence-electron chi connectivity index (χ2n) is 5.61. The Bertz CT molecular complexity index is 667. The molecule has 0 bridgehead atoms. The van der Waals surface area contributed by atoms with Crippen LogP contribution in [0.2, 0.25) is 0 Å². The summed E-state index contributed by atoms with van der Waals surface area (Å²) in [4.78, 5) is 16.4. The van der Waals surface area contributed by atoms with E-state index < -0.39 is 0 Å². The van der Waals surface area contributed by atoms with Gasteiger partial charge in [0.1, 0.15) is 10.7 Å². The summed E-state index contributed by atoms with van der Waals surface area (Å²) in [6, 6.07) is 8.42. The van der Waals surface area contributed by atoms with Crippen molar-refractivity contribution in [2.75, 3.05) is 6.54 Å². The number of nitrogens with zero attached hydrogens (tertiary/aromatic N) is 1. The van der Waals surface area contributed by atoms with Gasteiger partial charge in [-0.1, -0.05) is 24.3 Å². The molecular formula is C16H20ClN3OS. The monoisotopic (exact) mass is 337 g/mol. The summed E-state index contributed by atoms with van der Waals surface area (Å²) < 4.78 is 0. The van der Waals surface area contributed by atoms with Crippen molar-refractivity contribution in [2.45, 2.75) is 31.7 Å². The molecule has 1 heterocycles. The smallest absolute Gasteiger partial charge is 0.270 e. The molecule has 6 heteroatoms. The van der Waals surface area contributed by atoms with E-state index in [1.54, 1.807) is 5.38 Å². The number of benzene rings is 1. The SMILES string of the molecule is Cc1ccccc1C1(CNC(=O)c2csc(CN)n2)CC1.Cl. The molecule has 2 aromatic rings. The van der Waals surface area contributed by atoms with Gasteiger partial charge in [-0.05, 0) is 30.9 Å². The molecule has 0 aliphatic heterocycles. The largest absolute Gasteiger partial charge is 0.350 e. The predicted molar refractivity (Wildman–Crippen MR) is 91.7 cm³/mol. The summed E-state index contributed by atoms with van der Waals surface area (Å²) in [7, 11) is 0. The van der Waals surface area contributed by atoms with E-state index in [1.165, 1.54) is 22.5 Å². The van der Waals surface area contributed by atoms with Crippen molar-refractivity contribution in [1.29, 1.82) is 0 Å². The van der Waals surface area contributed by atoms with E-state index >= 15 is 0 Å². The fourth-order valence-corrected chi connectivity index (χ4v) is 3.36. The fourth-order valence-electron chi connectivity index (χ4n) is 2.71. The Hall–Kier alpha value is -1.43. The molecule has 0 radical (unpaired) electrons. The number of nitrogens with one attached hydrogen (secondary N) is 1. The van der Waals surface area contributed by atoms with Crippen LogP contribution in [0.3, 0.4) is 0 Å². The lowest BCUT2D eigenvalue weighted by Gasteiger charge is -2.18. The number of aryl methyl sites for hydroxylation is 1. The number of carbonyl (C=O) groups excluding carboxylic acids is 1. The summed E-state index contributed by atoms with van der Waals surface area (Å²) in [5.41, 5.74) is 8.77. The number of hydrogen-bond acceptors (Lipinski definition) is 4. The third kappa shape index (κ3) is 3.32. The predicted octanol–water partition coefficient (Wildman–Crippen LogP) is 2.79. The molecule has 1 saturated carbocycles. The average molecular weight is 338 g/mol. The molecular weight excluding hydrogens is 318 g/mol. The molecule has 0 spiro atoms. The molecule has 1 aliphatic rings. The first-order valence-electron chi connectivity index (χ1n) is 7.13. The van der Waals surface area contributed by atoms with Gasteiger partial charge in [-0.25, -0.2) is 4.98 Å². The van der Waals surface area contributed by atoms with E-state index in [9.17, 15) is 4.79 Å². The zero-order chi connectivity index (χ0) is 14.9. The molecule has 0 saturated heterocycles. The van der Waals surface area contributed by atoms with Crippen LogP contribution in [0.1, 0.15) is 39.5 Å². The molecule has 1 aromatic heterocycles. The fraction of sp³-hybridized carbons (Fsp3) is 0.375. The van der Waals surface area contributed by atoms with E-state index in [0.717, 1.165) is 17.8 Å². The maximum absolute atomic E-state index is 12.2. The molecule has 1 amide bonds. The van der Waals surface area contributed by atoms with Crippen molar-refractivity contribution in [3.63, 3.8) is 0 Å². The van der Waals surface area contributed by atoms with Crippen LogP contribution >= 0.6 is 23.7 Å². The van der Waals surface area contributed by atoms with Crippen molar-refractivity contribution in [2.24, 2.45) is 5.73 Å². The number of rotatable bonds is 5. The Morgan fingerprint density at radius 3 is 2.73 bits per heavy atom. The summed E-state index contributed by atoms with van der Waals surface area (Å²) in [6.07, 6.45) is 2.26. The average Bonchev–Trinajstić information content (AvgIpc) is 3.12. The zero-order valence-corrected chi connectivity index (χ0v) is 14.1. The summed E-state index contributed by atoms with van der Waals surface area (Å²) >= 11 is 1.43. The minimum atomic E-state index is -0.106. The third-order valence-corrected chi connectivity index (χ3v) is 4.99. The standard InChI is InChI=1S/C16H19N3OS.ClH/c1-11-4-2-3-5-12(11)16(6-7-16)10-18-15(20)13-9-21-14(8-17)19-13;/h2-5,9H,6-8,10,17H2,1H3,(H,18,20);1H. The van der Waals surface area contributed by atoms with Gasteiger partial charge in [0.2, 0.25) is 0 Å². The molecule has 1 aliphatic carbocycles. The van der Waals surface area contributed by atoms with Crippen LogP contribution in [0, 0.1) is 6.92 Å². The quantitative estimate of drug-likeness (QED) is 0.881. The topological polar surface area (TPSA) is 68.0 Å². The Morgan fingerprint density at radius 2 is 2.14 bits per heavy atom. The molecule has 0 atom stereocenters. The van der Waals surface area contributed by atoms with Crippen LogP contribution in [0.4, 0.5) is 0 Å². The molecule has 3 rings (SSSR count). The Labute approximate surface area is 140 Å². The Morgan fingerprint density at radius 1 is 1.41 bits per heavy atom. The van der Waals surface area contributed by atoms with Gasteiger partial charge in [0.25, 0.3) is 5.91 Å². The number of amides is 1. The second kappa shape index (κ2) is 6.77. The van der Waals surface area contributed by atoms with Gasteiger partial charge in [-0.3, -0.25) is 4.79 Å². The highest BCUT2D eigenvalue weighted by Gasteiger charge is 2.45. The van der Waals surface area contributed by atoms with Gasteiger partial charge in [-0.2, -0.15) is 0 Å². The van der Waals surface area contributed by atoms with Crippen LogP contribution in [0.5, 0.6) is 0 Å². The second-order valence-corrected chi connectivity index (χ2v) is 6.55. The lowest BCUT2D eigenvalue weighted by Crippen LogP contribution is -2.32. The summed E-state index contributed by atoms with van der Waals surface area (Å²) in [6.45, 7) is 3.18. The molecule has 22 heavy (non-hydrogen) atoms. The van der Waals surface area contributed by atoms with Gasteiger partial charge < -0.3 is 11.1 Å². The van der Waals surface area contributed by atoms with Gasteiger partial charge in [0.15, 0.2) is 0 Å². The number of hydrogen-bond donors (Lipinski definition) is 2. The first-order valence-corrected chi connectivity index (χ1v) is 8.01. The molecule has 3 N–H and O–H groups in total. The zero-order valence-electron chi connectivity index (χ0n) is 12.5. The lowest BCUT2D eigenvalue weighted by molar-refractivity contribution is 0.0945. The molecule has 118 valence electrons. The van der Waals surface area contributed by atoms with Crippen LogP contribution in [0.15, 0.2) is 29.6 Å². The van der Waals surface area contributed by atoms with Crippen LogP contribution in [-0.2, 0) is 12.0 Å². The third-order valence-electron chi connectivity index (χ3n) is 4.12. The molecule has 1 aromatic carbocycles. The first kappa shape index (κ1) is 16.9. The number of aromatic nitrogens is 1. The van der Waals surface area contributed by atoms with Gasteiger partial charge in [0, 0.05) is 23.9 Å². The molecule has 1 fully saturated rings. The Balaban J connectivity index is 0.00000176. The van der Waals surface area contributed by atoms with Crippen molar-refractivity contribution < 1.29 is 4.79 Å². The van der Waals surface area contributed by atoms with Gasteiger partial charge >= 0.3 is 0 Å².